The number of aromatic amines is 1. The molecule has 0 aliphatic heterocycles. The van der Waals surface area contributed by atoms with Gasteiger partial charge in [-0.25, -0.2) is 0 Å². The molecule has 1 N–H and O–H groups in total. The Morgan fingerprint density at radius 2 is 2.83 bits per heavy atom. The predicted octanol–water partition coefficient (Wildman–Crippen LogP) is 0.266. The minimum atomic E-state index is 1.08. The van der Waals surface area contributed by atoms with Gasteiger partial charge in [0.15, 0.2) is 5.01 Å². The zero-order chi connectivity index (χ0) is 4.41. The van der Waals surface area contributed by atoms with Crippen LogP contribution in [-0.2, 0) is 0 Å². The summed E-state index contributed by atoms with van der Waals surface area (Å²) in [5, 5.41) is 7.59. The molecular weight excluding hydrogens is 96.1 g/mol. The molecule has 0 spiro atoms. The highest BCUT2D eigenvalue weighted by molar-refractivity contribution is 7.08. The Morgan fingerprint density at radius 3 is 3.00 bits per heavy atom. The number of nitrogens with one attached hydrogen (secondary N) is 1. The van der Waals surface area contributed by atoms with Gasteiger partial charge < -0.3 is 0 Å². The second kappa shape index (κ2) is 1.34. The predicted molar refractivity (Wildman–Crippen MR) is 23.4 cm³/mol. The van der Waals surface area contributed by atoms with E-state index >= 15 is 0 Å². The van der Waals surface area contributed by atoms with Crippen molar-refractivity contribution in [1.82, 2.24) is 5.10 Å². The molecule has 1 heterocycles. The summed E-state index contributed by atoms with van der Waals surface area (Å²) in [7, 11) is 0. The Kier molecular flexibility index (Phi) is 0.837. The molecule has 0 unspecified atom stereocenters. The van der Waals surface area contributed by atoms with Crippen LogP contribution in [0, 0.1) is 6.92 Å². The van der Waals surface area contributed by atoms with Crippen LogP contribution < -0.4 is 5.10 Å². The van der Waals surface area contributed by atoms with E-state index in [1.807, 2.05) is 12.4 Å². The van der Waals surface area contributed by atoms with Gasteiger partial charge in [0.2, 0.25) is 5.51 Å². The standard InChI is InChI=1S/C3H4N2S/c1-3-5-4-2-6-3/h2H,1H3/p+1. The summed E-state index contributed by atoms with van der Waals surface area (Å²) >= 11 is 1.61. The van der Waals surface area contributed by atoms with E-state index in [0.29, 0.717) is 0 Å². The molecule has 32 valence electrons. The van der Waals surface area contributed by atoms with Crippen molar-refractivity contribution in [2.75, 3.05) is 0 Å². The molecule has 0 amide bonds. The monoisotopic (exact) mass is 101 g/mol. The first-order valence-electron chi connectivity index (χ1n) is 1.68. The minimum Gasteiger partial charge on any atom is -0.0954 e. The quantitative estimate of drug-likeness (QED) is 0.460. The van der Waals surface area contributed by atoms with Crippen molar-refractivity contribution in [3.8, 4) is 0 Å². The van der Waals surface area contributed by atoms with Crippen LogP contribution in [0.15, 0.2) is 5.51 Å². The molecule has 0 aliphatic carbocycles. The number of H-pyrrole nitrogens is 1. The molecule has 0 atom stereocenters. The summed E-state index contributed by atoms with van der Waals surface area (Å²) in [4.78, 5) is 0. The van der Waals surface area contributed by atoms with Gasteiger partial charge >= 0.3 is 0 Å². The minimum absolute atomic E-state index is 1.08. The molecule has 1 aromatic rings. The zero-order valence-electron chi connectivity index (χ0n) is 3.43. The van der Waals surface area contributed by atoms with Crippen LogP contribution >= 0.6 is 11.3 Å². The van der Waals surface area contributed by atoms with Crippen molar-refractivity contribution in [2.45, 2.75) is 6.92 Å². The van der Waals surface area contributed by atoms with Crippen LogP contribution in [0.25, 0.3) is 0 Å². The lowest BCUT2D eigenvalue weighted by Gasteiger charge is -1.55. The van der Waals surface area contributed by atoms with Gasteiger partial charge in [0, 0.05) is 5.10 Å². The third-order valence-corrected chi connectivity index (χ3v) is 1.16. The van der Waals surface area contributed by atoms with Gasteiger partial charge in [0.05, 0.1) is 0 Å². The highest BCUT2D eigenvalue weighted by atomic mass is 32.1. The Balaban J connectivity index is 3.05. The van der Waals surface area contributed by atoms with E-state index in [1.54, 1.807) is 11.3 Å². The molecule has 0 saturated heterocycles. The maximum absolute atomic E-state index is 3.81. The molecular formula is C3H5N2S+. The number of aromatic nitrogens is 2. The van der Waals surface area contributed by atoms with E-state index in [4.69, 9.17) is 0 Å². The van der Waals surface area contributed by atoms with Gasteiger partial charge in [0.1, 0.15) is 0 Å². The molecule has 0 fully saturated rings. The smallest absolute Gasteiger partial charge is 0.0954 e. The summed E-state index contributed by atoms with van der Waals surface area (Å²) < 4.78 is 0. The van der Waals surface area contributed by atoms with Crippen LogP contribution in [0.4, 0.5) is 0 Å². The van der Waals surface area contributed by atoms with Gasteiger partial charge in [-0.2, -0.15) is 0 Å². The fraction of sp³-hybridized carbons (Fsp3) is 0.333. The Morgan fingerprint density at radius 1 is 2.00 bits per heavy atom. The topological polar surface area (TPSA) is 27.0 Å². The number of rotatable bonds is 0. The number of nitrogens with zero attached hydrogens (tertiary/aromatic N) is 1. The van der Waals surface area contributed by atoms with Crippen LogP contribution in [0.2, 0.25) is 0 Å². The number of hydrogen-bond donors (Lipinski definition) is 0. The molecule has 2 nitrogen and oxygen atoms in total. The maximum Gasteiger partial charge on any atom is 0.250 e. The van der Waals surface area contributed by atoms with Gasteiger partial charge in [-0.3, -0.25) is 0 Å². The summed E-state index contributed by atoms with van der Waals surface area (Å²) in [6.07, 6.45) is 0. The van der Waals surface area contributed by atoms with Crippen molar-refractivity contribution in [1.29, 1.82) is 0 Å². The lowest BCUT2D eigenvalue weighted by molar-refractivity contribution is -0.448. The molecule has 6 heavy (non-hydrogen) atoms. The summed E-state index contributed by atoms with van der Waals surface area (Å²) in [5.41, 5.74) is 1.84. The third-order valence-electron chi connectivity index (χ3n) is 0.504. The maximum atomic E-state index is 3.81. The SMILES string of the molecule is Cc1n[nH+]cs1. The van der Waals surface area contributed by atoms with E-state index in [1.165, 1.54) is 0 Å². The van der Waals surface area contributed by atoms with Gasteiger partial charge in [-0.15, -0.1) is 0 Å². The van der Waals surface area contributed by atoms with Crippen LogP contribution in [0.5, 0.6) is 0 Å². The Bertz CT molecular complexity index is 112. The molecule has 0 bridgehead atoms. The lowest BCUT2D eigenvalue weighted by Crippen LogP contribution is -1.97. The molecule has 0 saturated carbocycles. The second-order valence-electron chi connectivity index (χ2n) is 0.996. The van der Waals surface area contributed by atoms with E-state index < -0.39 is 0 Å². The van der Waals surface area contributed by atoms with E-state index in [2.05, 4.69) is 10.2 Å². The van der Waals surface area contributed by atoms with Crippen molar-refractivity contribution < 1.29 is 5.10 Å². The Hall–Kier alpha value is -0.440. The average molecular weight is 101 g/mol. The first-order valence-corrected chi connectivity index (χ1v) is 2.56. The Labute approximate surface area is 39.8 Å². The fourth-order valence-electron chi connectivity index (χ4n) is 0.255. The van der Waals surface area contributed by atoms with Crippen LogP contribution in [0.1, 0.15) is 5.01 Å². The fourth-order valence-corrected chi connectivity index (χ4v) is 0.637. The first-order chi connectivity index (χ1) is 2.89. The van der Waals surface area contributed by atoms with E-state index in [9.17, 15) is 0 Å². The van der Waals surface area contributed by atoms with Crippen molar-refractivity contribution in [3.05, 3.63) is 10.5 Å². The van der Waals surface area contributed by atoms with Gasteiger partial charge in [-0.1, -0.05) is 16.4 Å². The average Bonchev–Trinajstić information content (AvgIpc) is 1.86. The summed E-state index contributed by atoms with van der Waals surface area (Å²) in [6.45, 7) is 1.96. The highest BCUT2D eigenvalue weighted by Crippen LogP contribution is 1.91. The highest BCUT2D eigenvalue weighted by Gasteiger charge is 1.85. The van der Waals surface area contributed by atoms with E-state index in [-0.39, 0.29) is 0 Å². The number of hydrogen-bond acceptors (Lipinski definition) is 2. The first kappa shape index (κ1) is 3.74. The van der Waals surface area contributed by atoms with Gasteiger partial charge in [-0.05, 0) is 6.92 Å². The largest absolute Gasteiger partial charge is 0.250 e. The molecule has 1 aromatic heterocycles. The molecule has 0 aromatic carbocycles. The molecule has 0 aliphatic rings. The third kappa shape index (κ3) is 0.542. The zero-order valence-corrected chi connectivity index (χ0v) is 4.25. The molecule has 0 radical (unpaired) electrons. The summed E-state index contributed by atoms with van der Waals surface area (Å²) in [6, 6.07) is 0. The van der Waals surface area contributed by atoms with Crippen molar-refractivity contribution in [3.63, 3.8) is 0 Å². The molecule has 1 rings (SSSR count). The van der Waals surface area contributed by atoms with Crippen LogP contribution in [0.3, 0.4) is 0 Å². The second-order valence-corrected chi connectivity index (χ2v) is 2.06. The van der Waals surface area contributed by atoms with Gasteiger partial charge in [0.25, 0.3) is 0 Å². The number of aryl methyl sites for hydroxylation is 1. The van der Waals surface area contributed by atoms with E-state index in [0.717, 1.165) is 5.01 Å². The molecule has 3 heteroatoms. The van der Waals surface area contributed by atoms with Crippen LogP contribution in [-0.4, -0.2) is 5.10 Å². The van der Waals surface area contributed by atoms with Crippen molar-refractivity contribution in [2.24, 2.45) is 0 Å². The van der Waals surface area contributed by atoms with Crippen molar-refractivity contribution >= 4 is 11.3 Å². The normalized spacial score (nSPS) is 8.83. The lowest BCUT2D eigenvalue weighted by atomic mass is 10.9. The summed E-state index contributed by atoms with van der Waals surface area (Å²) in [5.74, 6) is 0.